The second-order valence-electron chi connectivity index (χ2n) is 6.30. The molecule has 3 rings (SSSR count). The first-order chi connectivity index (χ1) is 13.8. The number of aromatic amines is 1. The maximum atomic E-state index is 12.3. The smallest absolute Gasteiger partial charge is 0.335 e. The van der Waals surface area contributed by atoms with Crippen molar-refractivity contribution < 1.29 is 9.90 Å². The molecule has 148 valence electrons. The predicted molar refractivity (Wildman–Crippen MR) is 118 cm³/mol. The normalized spacial score (nSPS) is 11.0. The molecule has 0 saturated carbocycles. The van der Waals surface area contributed by atoms with E-state index in [-0.39, 0.29) is 5.56 Å². The molecular formula is C20H17IN4O4. The van der Waals surface area contributed by atoms with Crippen LogP contribution in [-0.4, -0.2) is 26.8 Å². The zero-order valence-corrected chi connectivity index (χ0v) is 17.7. The number of nitrogens with zero attached hydrogens (tertiary/aromatic N) is 2. The van der Waals surface area contributed by atoms with Gasteiger partial charge in [0.15, 0.2) is 0 Å². The van der Waals surface area contributed by atoms with Gasteiger partial charge >= 0.3 is 5.69 Å². The van der Waals surface area contributed by atoms with Crippen molar-refractivity contribution in [2.75, 3.05) is 0 Å². The molecule has 0 unspecified atom stereocenters. The van der Waals surface area contributed by atoms with E-state index in [1.54, 1.807) is 43.3 Å². The summed E-state index contributed by atoms with van der Waals surface area (Å²) in [7, 11) is 0. The minimum Gasteiger partial charge on any atom is -0.493 e. The highest BCUT2D eigenvalue weighted by Gasteiger charge is 2.16. The molecule has 0 aliphatic carbocycles. The molecule has 3 aromatic rings. The predicted octanol–water partition coefficient (Wildman–Crippen LogP) is 2.22. The van der Waals surface area contributed by atoms with Gasteiger partial charge in [-0.3, -0.25) is 14.6 Å². The van der Waals surface area contributed by atoms with Crippen LogP contribution in [0.25, 0.3) is 5.69 Å². The maximum absolute atomic E-state index is 12.3. The molecule has 0 atom stereocenters. The summed E-state index contributed by atoms with van der Waals surface area (Å²) in [6.45, 7) is 3.63. The molecule has 1 amide bonds. The van der Waals surface area contributed by atoms with Gasteiger partial charge in [-0.25, -0.2) is 14.8 Å². The largest absolute Gasteiger partial charge is 0.493 e. The summed E-state index contributed by atoms with van der Waals surface area (Å²) in [4.78, 5) is 38.9. The van der Waals surface area contributed by atoms with Gasteiger partial charge in [-0.15, -0.1) is 0 Å². The average Bonchev–Trinajstić information content (AvgIpc) is 2.67. The van der Waals surface area contributed by atoms with Crippen molar-refractivity contribution in [1.29, 1.82) is 0 Å². The summed E-state index contributed by atoms with van der Waals surface area (Å²) < 4.78 is 1.73. The Morgan fingerprint density at radius 2 is 1.93 bits per heavy atom. The van der Waals surface area contributed by atoms with Crippen molar-refractivity contribution in [2.24, 2.45) is 5.10 Å². The molecule has 0 aliphatic rings. The van der Waals surface area contributed by atoms with Crippen LogP contribution in [0.4, 0.5) is 0 Å². The number of hydrogen-bond acceptors (Lipinski definition) is 5. The van der Waals surface area contributed by atoms with Gasteiger partial charge in [0.05, 0.1) is 17.5 Å². The zero-order chi connectivity index (χ0) is 21.1. The van der Waals surface area contributed by atoms with E-state index >= 15 is 0 Å². The lowest BCUT2D eigenvalue weighted by atomic mass is 10.1. The van der Waals surface area contributed by atoms with Crippen LogP contribution in [0.5, 0.6) is 5.88 Å². The summed E-state index contributed by atoms with van der Waals surface area (Å²) in [5.41, 5.74) is 2.92. The third kappa shape index (κ3) is 4.29. The molecule has 0 fully saturated rings. The summed E-state index contributed by atoms with van der Waals surface area (Å²) in [6, 6.07) is 12.3. The molecule has 9 heteroatoms. The number of rotatable bonds is 4. The minimum atomic E-state index is -0.818. The summed E-state index contributed by atoms with van der Waals surface area (Å²) >= 11 is 2.02. The van der Waals surface area contributed by atoms with Gasteiger partial charge in [-0.1, -0.05) is 24.3 Å². The van der Waals surface area contributed by atoms with E-state index in [4.69, 9.17) is 0 Å². The fourth-order valence-corrected chi connectivity index (χ4v) is 3.33. The first kappa shape index (κ1) is 20.5. The molecule has 1 aromatic heterocycles. The van der Waals surface area contributed by atoms with E-state index in [9.17, 15) is 19.5 Å². The number of aryl methyl sites for hydroxylation is 2. The van der Waals surface area contributed by atoms with Crippen molar-refractivity contribution >= 4 is 34.7 Å². The van der Waals surface area contributed by atoms with Crippen LogP contribution < -0.4 is 16.7 Å². The van der Waals surface area contributed by atoms with Gasteiger partial charge in [-0.2, -0.15) is 5.10 Å². The van der Waals surface area contributed by atoms with Crippen LogP contribution in [0.15, 0.2) is 57.2 Å². The Kier molecular flexibility index (Phi) is 5.97. The van der Waals surface area contributed by atoms with Crippen LogP contribution in [0.1, 0.15) is 27.0 Å². The fourth-order valence-electron chi connectivity index (χ4n) is 2.70. The molecule has 0 aliphatic heterocycles. The van der Waals surface area contributed by atoms with Crippen LogP contribution in [0.2, 0.25) is 0 Å². The topological polar surface area (TPSA) is 117 Å². The second kappa shape index (κ2) is 8.43. The number of carbonyl (C=O) groups excluding carboxylic acids is 1. The minimum absolute atomic E-state index is 0.256. The third-order valence-corrected chi connectivity index (χ3v) is 5.15. The number of carbonyl (C=O) groups is 1. The third-order valence-electron chi connectivity index (χ3n) is 4.20. The Morgan fingerprint density at radius 3 is 2.66 bits per heavy atom. The average molecular weight is 504 g/mol. The second-order valence-corrected chi connectivity index (χ2v) is 7.46. The fraction of sp³-hybridized carbons (Fsp3) is 0.100. The quantitative estimate of drug-likeness (QED) is 0.287. The first-order valence-corrected chi connectivity index (χ1v) is 9.61. The number of halogens is 1. The highest BCUT2D eigenvalue weighted by atomic mass is 127. The van der Waals surface area contributed by atoms with Gasteiger partial charge in [-0.05, 0) is 65.8 Å². The molecule has 1 heterocycles. The van der Waals surface area contributed by atoms with Crippen LogP contribution >= 0.6 is 22.6 Å². The maximum Gasteiger partial charge on any atom is 0.335 e. The molecule has 0 saturated heterocycles. The molecule has 29 heavy (non-hydrogen) atoms. The number of hydrazone groups is 1. The Bertz CT molecular complexity index is 1240. The summed E-state index contributed by atoms with van der Waals surface area (Å²) in [6.07, 6.45) is 1.00. The Labute approximate surface area is 179 Å². The van der Waals surface area contributed by atoms with E-state index in [1.807, 2.05) is 35.6 Å². The standard InChI is InChI=1S/C20H17IN4O4/c1-11-7-8-12(2)16(9-11)25-19(28)14(17(26)23-20(25)29)10-22-24-18(27)13-5-3-4-6-15(13)21/h3-10,28H,1-2H3,(H,24,27)(H,23,26,29). The zero-order valence-electron chi connectivity index (χ0n) is 15.6. The van der Waals surface area contributed by atoms with E-state index in [2.05, 4.69) is 15.5 Å². The van der Waals surface area contributed by atoms with Crippen molar-refractivity contribution in [3.05, 3.63) is 89.1 Å². The van der Waals surface area contributed by atoms with Crippen molar-refractivity contribution in [2.45, 2.75) is 13.8 Å². The molecule has 2 aromatic carbocycles. The number of nitrogens with one attached hydrogen (secondary N) is 2. The first-order valence-electron chi connectivity index (χ1n) is 8.53. The Hall–Kier alpha value is -3.21. The monoisotopic (exact) mass is 504 g/mol. The van der Waals surface area contributed by atoms with E-state index in [0.717, 1.165) is 25.5 Å². The van der Waals surface area contributed by atoms with Gasteiger partial charge < -0.3 is 5.11 Å². The van der Waals surface area contributed by atoms with E-state index in [1.165, 1.54) is 0 Å². The number of hydrogen-bond donors (Lipinski definition) is 3. The molecule has 0 radical (unpaired) electrons. The summed E-state index contributed by atoms with van der Waals surface area (Å²) in [5, 5.41) is 14.3. The Morgan fingerprint density at radius 1 is 1.21 bits per heavy atom. The van der Waals surface area contributed by atoms with Crippen molar-refractivity contribution in [3.63, 3.8) is 0 Å². The van der Waals surface area contributed by atoms with Crippen LogP contribution in [0.3, 0.4) is 0 Å². The number of H-pyrrole nitrogens is 1. The molecule has 8 nitrogen and oxygen atoms in total. The number of amides is 1. The molecule has 0 spiro atoms. The van der Waals surface area contributed by atoms with Crippen LogP contribution in [0, 0.1) is 17.4 Å². The lowest BCUT2D eigenvalue weighted by molar-refractivity contribution is 0.0954. The highest BCUT2D eigenvalue weighted by Crippen LogP contribution is 2.20. The molecule has 0 bridgehead atoms. The van der Waals surface area contributed by atoms with E-state index in [0.29, 0.717) is 11.3 Å². The van der Waals surface area contributed by atoms with Gasteiger partial charge in [0.25, 0.3) is 11.5 Å². The van der Waals surface area contributed by atoms with Crippen molar-refractivity contribution in [1.82, 2.24) is 15.0 Å². The molecular weight excluding hydrogens is 487 g/mol. The summed E-state index contributed by atoms with van der Waals surface area (Å²) in [5.74, 6) is -1.04. The lowest BCUT2D eigenvalue weighted by Gasteiger charge is -2.12. The van der Waals surface area contributed by atoms with Crippen LogP contribution in [-0.2, 0) is 0 Å². The Balaban J connectivity index is 1.98. The number of aromatic nitrogens is 2. The van der Waals surface area contributed by atoms with Gasteiger partial charge in [0.2, 0.25) is 5.88 Å². The lowest BCUT2D eigenvalue weighted by Crippen LogP contribution is -2.32. The highest BCUT2D eigenvalue weighted by molar-refractivity contribution is 14.1. The van der Waals surface area contributed by atoms with Gasteiger partial charge in [0, 0.05) is 3.57 Å². The number of aromatic hydroxyl groups is 1. The number of benzene rings is 2. The molecule has 3 N–H and O–H groups in total. The van der Waals surface area contributed by atoms with Crippen molar-refractivity contribution in [3.8, 4) is 11.6 Å². The van der Waals surface area contributed by atoms with Gasteiger partial charge in [0.1, 0.15) is 5.56 Å². The SMILES string of the molecule is Cc1ccc(C)c(-n2c(O)c(C=NNC(=O)c3ccccc3I)c(=O)[nH]c2=O)c1. The van der Waals surface area contributed by atoms with E-state index < -0.39 is 23.0 Å².